The van der Waals surface area contributed by atoms with Crippen molar-refractivity contribution in [3.05, 3.63) is 65.6 Å². The van der Waals surface area contributed by atoms with Crippen LogP contribution in [0.3, 0.4) is 0 Å². The molecule has 0 bridgehead atoms. The first-order valence-electron chi connectivity index (χ1n) is 7.32. The fraction of sp³-hybridized carbons (Fsp3) is 0.118. The normalized spacial score (nSPS) is 12.5. The first-order valence-corrected chi connectivity index (χ1v) is 8.42. The van der Waals surface area contributed by atoms with Gasteiger partial charge < -0.3 is 5.98 Å². The fourth-order valence-corrected chi connectivity index (χ4v) is 2.75. The number of rotatable bonds is 3. The monoisotopic (exact) mass is 408 g/mol. The minimum absolute atomic E-state index is 0. The van der Waals surface area contributed by atoms with Crippen molar-refractivity contribution in [2.75, 3.05) is 0 Å². The summed E-state index contributed by atoms with van der Waals surface area (Å²) in [7, 11) is 0. The largest absolute Gasteiger partial charge is 1.00 e. The van der Waals surface area contributed by atoms with Crippen LogP contribution < -0.4 is 29.6 Å². The Morgan fingerprint density at radius 2 is 1.74 bits per heavy atom. The summed E-state index contributed by atoms with van der Waals surface area (Å²) < 4.78 is 74.3. The Hall–Kier alpha value is -1.52. The molecule has 1 N–H and O–H groups in total. The van der Waals surface area contributed by atoms with Crippen LogP contribution in [0.1, 0.15) is 12.7 Å². The van der Waals surface area contributed by atoms with Gasteiger partial charge in [0.2, 0.25) is 0 Å². The Bertz CT molecular complexity index is 994. The molecule has 0 aliphatic carbocycles. The Morgan fingerprint density at radius 1 is 1.11 bits per heavy atom. The second kappa shape index (κ2) is 8.24. The molecule has 0 spiro atoms. The summed E-state index contributed by atoms with van der Waals surface area (Å²) in [6.07, 6.45) is -4.67. The molecular formula is C17H13F4N2NaO2S. The molecule has 0 aliphatic rings. The number of benzene rings is 2. The van der Waals surface area contributed by atoms with Crippen molar-refractivity contribution < 1.29 is 57.3 Å². The summed E-state index contributed by atoms with van der Waals surface area (Å²) in [5.41, 5.74) is -0.219. The Kier molecular flexibility index (Phi) is 6.64. The predicted octanol–water partition coefficient (Wildman–Crippen LogP) is 1.70. The number of halogens is 4. The summed E-state index contributed by atoms with van der Waals surface area (Å²) in [5.74, 6) is -0.566. The summed E-state index contributed by atoms with van der Waals surface area (Å²) in [6, 6.07) is 10.3. The second-order valence-corrected chi connectivity index (χ2v) is 6.50. The standard InChI is InChI=1S/C17H12F4N2O2S.Na.H/c1-10-2-5-12(8-14(10)18)23-15(9-16(22-23)17(19,20)21)11-3-6-13(7-4-11)26(24)25;;/h2-9H,1H3,(H,24,25);;/q;+1;-1. The van der Waals surface area contributed by atoms with Crippen LogP contribution in [0.15, 0.2) is 53.4 Å². The zero-order valence-electron chi connectivity index (χ0n) is 15.3. The number of aromatic nitrogens is 2. The summed E-state index contributed by atoms with van der Waals surface area (Å²) in [5, 5.41) is 3.57. The van der Waals surface area contributed by atoms with Crippen molar-refractivity contribution >= 4 is 11.1 Å². The molecule has 1 aromatic heterocycles. The molecule has 0 saturated heterocycles. The van der Waals surface area contributed by atoms with Crippen LogP contribution in [0.2, 0.25) is 0 Å². The van der Waals surface area contributed by atoms with Crippen LogP contribution in [0.25, 0.3) is 16.9 Å². The molecule has 3 rings (SSSR count). The van der Waals surface area contributed by atoms with Gasteiger partial charge in [-0.2, -0.15) is 18.3 Å². The van der Waals surface area contributed by atoms with Crippen LogP contribution in [0, 0.1) is 12.7 Å². The van der Waals surface area contributed by atoms with Crippen LogP contribution in [0.4, 0.5) is 17.6 Å². The minimum Gasteiger partial charge on any atom is -1.00 e. The number of hydrogen-bond donors (Lipinski definition) is 1. The van der Waals surface area contributed by atoms with E-state index in [0.717, 1.165) is 16.8 Å². The van der Waals surface area contributed by atoms with Gasteiger partial charge in [-0.15, -0.1) is 0 Å². The third kappa shape index (κ3) is 4.67. The van der Waals surface area contributed by atoms with E-state index in [0.29, 0.717) is 11.1 Å². The van der Waals surface area contributed by atoms with Crippen molar-refractivity contribution in [2.24, 2.45) is 0 Å². The molecule has 4 nitrogen and oxygen atoms in total. The predicted molar refractivity (Wildman–Crippen MR) is 88.8 cm³/mol. The second-order valence-electron chi connectivity index (χ2n) is 5.53. The third-order valence-electron chi connectivity index (χ3n) is 3.75. The first-order chi connectivity index (χ1) is 12.2. The molecule has 10 heteroatoms. The smallest absolute Gasteiger partial charge is 1.00 e. The zero-order valence-corrected chi connectivity index (χ0v) is 17.1. The number of alkyl halides is 3. The van der Waals surface area contributed by atoms with Crippen molar-refractivity contribution in [1.82, 2.24) is 9.78 Å². The zero-order chi connectivity index (χ0) is 19.1. The van der Waals surface area contributed by atoms with E-state index < -0.39 is 28.8 Å². The van der Waals surface area contributed by atoms with Crippen molar-refractivity contribution in [2.45, 2.75) is 18.0 Å². The summed E-state index contributed by atoms with van der Waals surface area (Å²) >= 11 is -2.20. The van der Waals surface area contributed by atoms with E-state index in [1.807, 2.05) is 0 Å². The van der Waals surface area contributed by atoms with Gasteiger partial charge in [0.25, 0.3) is 0 Å². The Morgan fingerprint density at radius 3 is 2.26 bits per heavy atom. The van der Waals surface area contributed by atoms with Gasteiger partial charge in [-0.25, -0.2) is 13.3 Å². The van der Waals surface area contributed by atoms with Crippen molar-refractivity contribution in [3.8, 4) is 16.9 Å². The summed E-state index contributed by atoms with van der Waals surface area (Å²) in [6.45, 7) is 1.54. The average Bonchev–Trinajstić information content (AvgIpc) is 3.03. The van der Waals surface area contributed by atoms with Crippen molar-refractivity contribution in [3.63, 3.8) is 0 Å². The maximum absolute atomic E-state index is 13.9. The van der Waals surface area contributed by atoms with Crippen LogP contribution >= 0.6 is 0 Å². The molecule has 0 radical (unpaired) electrons. The average molecular weight is 408 g/mol. The van der Waals surface area contributed by atoms with E-state index in [-0.39, 0.29) is 47.3 Å². The molecule has 1 heterocycles. The summed E-state index contributed by atoms with van der Waals surface area (Å²) in [4.78, 5) is 0.109. The maximum Gasteiger partial charge on any atom is 1.00 e. The van der Waals surface area contributed by atoms with E-state index in [1.165, 1.54) is 43.3 Å². The van der Waals surface area contributed by atoms with Gasteiger partial charge in [0, 0.05) is 5.56 Å². The molecule has 3 aromatic rings. The topological polar surface area (TPSA) is 55.1 Å². The molecule has 0 fully saturated rings. The van der Waals surface area contributed by atoms with Gasteiger partial charge in [0.1, 0.15) is 5.82 Å². The van der Waals surface area contributed by atoms with Gasteiger partial charge in [-0.05, 0) is 42.8 Å². The first kappa shape index (κ1) is 21.8. The minimum atomic E-state index is -4.67. The fourth-order valence-electron chi connectivity index (χ4n) is 2.38. The molecular weight excluding hydrogens is 395 g/mol. The van der Waals surface area contributed by atoms with E-state index >= 15 is 0 Å². The number of nitrogens with zero attached hydrogens (tertiary/aromatic N) is 2. The van der Waals surface area contributed by atoms with Crippen LogP contribution in [-0.2, 0) is 17.3 Å². The third-order valence-corrected chi connectivity index (χ3v) is 4.43. The molecule has 27 heavy (non-hydrogen) atoms. The van der Waals surface area contributed by atoms with Gasteiger partial charge >= 0.3 is 35.7 Å². The van der Waals surface area contributed by atoms with E-state index in [2.05, 4.69) is 5.10 Å². The molecule has 1 atom stereocenters. The number of hydrogen-bond acceptors (Lipinski definition) is 2. The molecule has 0 aliphatic heterocycles. The molecule has 0 saturated carbocycles. The van der Waals surface area contributed by atoms with E-state index in [1.54, 1.807) is 0 Å². The molecule has 1 unspecified atom stereocenters. The maximum atomic E-state index is 13.9. The molecule has 2 aromatic carbocycles. The Labute approximate surface area is 178 Å². The van der Waals surface area contributed by atoms with Crippen LogP contribution in [-0.4, -0.2) is 18.5 Å². The van der Waals surface area contributed by atoms with Gasteiger partial charge in [0.15, 0.2) is 16.8 Å². The van der Waals surface area contributed by atoms with Gasteiger partial charge in [-0.3, -0.25) is 0 Å². The quantitative estimate of drug-likeness (QED) is 0.408. The van der Waals surface area contributed by atoms with E-state index in [4.69, 9.17) is 4.55 Å². The molecule has 0 amide bonds. The number of aryl methyl sites for hydroxylation is 1. The van der Waals surface area contributed by atoms with Gasteiger partial charge in [-0.1, -0.05) is 18.2 Å². The van der Waals surface area contributed by atoms with Crippen LogP contribution in [0.5, 0.6) is 0 Å². The SMILES string of the molecule is Cc1ccc(-n2nc(C(F)(F)F)cc2-c2ccc(S(=O)O)cc2)cc1F.[H-].[Na+]. The molecule has 138 valence electrons. The van der Waals surface area contributed by atoms with E-state index in [9.17, 15) is 21.8 Å². The Balaban J connectivity index is 0.00000196. The van der Waals surface area contributed by atoms with Crippen molar-refractivity contribution in [1.29, 1.82) is 0 Å². The van der Waals surface area contributed by atoms with Gasteiger partial charge in [0.05, 0.1) is 16.3 Å².